The van der Waals surface area contributed by atoms with Gasteiger partial charge < -0.3 is 30.2 Å². The first-order valence-electron chi connectivity index (χ1n) is 26.5. The molecule has 4 aliphatic rings. The van der Waals surface area contributed by atoms with Gasteiger partial charge in [-0.25, -0.2) is 20.5 Å². The molecule has 0 spiro atoms. The average Bonchev–Trinajstić information content (AvgIpc) is 4.26. The van der Waals surface area contributed by atoms with E-state index in [4.69, 9.17) is 5.41 Å². The van der Waals surface area contributed by atoms with Crippen LogP contribution in [-0.2, 0) is 13.1 Å². The SMILES string of the molecule is C/C=C(\c1[c-]cc(CN2CCC(C3=C[I-]c4ccccc4N3CC3CC3c3ccc([CH-]C)cc3)CC2)cc1)c1ccccc1F.N=C(c1[c-]cc(CN2CCC([C-]=Nc3[c-]cccc3)CC2)cc1)c1ccccc1F.[CH3-].[CH3-].[Li+].[Li+].[Li+]. The molecule has 0 radical (unpaired) electrons. The fraction of sp³-hybridized carbons (Fsp3) is 0.261. The molecule has 400 valence electrons. The van der Waals surface area contributed by atoms with Crippen LogP contribution in [0.1, 0.15) is 96.4 Å². The minimum absolute atomic E-state index is 0. The summed E-state index contributed by atoms with van der Waals surface area (Å²) in [6, 6.07) is 61.3. The first-order chi connectivity index (χ1) is 36.8. The number of fused-ring (bicyclic) bond motifs is 1. The number of hydrogen-bond donors (Lipinski definition) is 1. The molecule has 0 amide bonds. The maximum absolute atomic E-state index is 14.5. The summed E-state index contributed by atoms with van der Waals surface area (Å²) in [6.07, 6.45) is 13.2. The smallest absolute Gasteiger partial charge is 0.481 e. The van der Waals surface area contributed by atoms with Gasteiger partial charge in [-0.15, -0.1) is 41.5 Å². The Kier molecular flexibility index (Phi) is 26.7. The van der Waals surface area contributed by atoms with E-state index < -0.39 is 0 Å². The van der Waals surface area contributed by atoms with Crippen molar-refractivity contribution in [2.75, 3.05) is 37.6 Å². The summed E-state index contributed by atoms with van der Waals surface area (Å²) in [6.45, 7) is 11.2. The quantitative estimate of drug-likeness (QED) is 0.0742. The molecule has 1 saturated carbocycles. The zero-order valence-corrected chi connectivity index (χ0v) is 50.1. The van der Waals surface area contributed by atoms with E-state index in [-0.39, 0.29) is 110 Å². The molecule has 5 nitrogen and oxygen atoms in total. The zero-order chi connectivity index (χ0) is 51.5. The van der Waals surface area contributed by atoms with Gasteiger partial charge in [-0.2, -0.15) is 24.4 Å². The number of nitrogens with zero attached hydrogens (tertiary/aromatic N) is 4. The molecule has 3 fully saturated rings. The van der Waals surface area contributed by atoms with Gasteiger partial charge in [0.15, 0.2) is 0 Å². The fourth-order valence-corrected chi connectivity index (χ4v) is 13.4. The number of para-hydroxylation sites is 2. The van der Waals surface area contributed by atoms with E-state index in [1.54, 1.807) is 33.5 Å². The van der Waals surface area contributed by atoms with Crippen LogP contribution in [0.2, 0.25) is 0 Å². The predicted molar refractivity (Wildman–Crippen MR) is 310 cm³/mol. The number of halogens is 3. The topological polar surface area (TPSA) is 45.9 Å². The Bertz CT molecular complexity index is 3120. The summed E-state index contributed by atoms with van der Waals surface area (Å²) in [5.41, 5.74) is 12.6. The molecule has 0 bridgehead atoms. The Labute approximate surface area is 524 Å². The maximum Gasteiger partial charge on any atom is 1.00 e. The van der Waals surface area contributed by atoms with Gasteiger partial charge in [0.2, 0.25) is 0 Å². The normalized spacial score (nSPS) is 17.4. The number of hydrogen-bond acceptors (Lipinski definition) is 5. The summed E-state index contributed by atoms with van der Waals surface area (Å²) in [5, 5.41) is 8.26. The summed E-state index contributed by atoms with van der Waals surface area (Å²) in [4.78, 5) is 12.2. The molecule has 1 aliphatic carbocycles. The van der Waals surface area contributed by atoms with Crippen molar-refractivity contribution < 1.29 is 86.6 Å². The van der Waals surface area contributed by atoms with Crippen molar-refractivity contribution in [3.8, 4) is 0 Å². The van der Waals surface area contributed by atoms with Crippen molar-refractivity contribution in [3.05, 3.63) is 273 Å². The number of anilines is 1. The number of allylic oxidation sites excluding steroid dienone is 2. The third-order valence-electron chi connectivity index (χ3n) is 15.2. The predicted octanol–water partition coefficient (Wildman–Crippen LogP) is 3.53. The summed E-state index contributed by atoms with van der Waals surface area (Å²) in [7, 11) is 0. The summed E-state index contributed by atoms with van der Waals surface area (Å²) in [5.74, 6) is 1.83. The molecule has 1 N–H and O–H groups in total. The van der Waals surface area contributed by atoms with E-state index in [1.807, 2.05) is 67.6 Å². The standard InChI is InChI=1S/C41H41FIN2.C26H23FN3.2CH3.3Li/c1-3-29-13-17-32(18-14-29)37-25-34(37)28-45-40-12-8-7-11-39(40)43-26-41(45)33-21-23-44(24-22-33)27-30-15-19-31(20-16-30)35(4-2)36-9-5-6-10-38(36)42;27-25-9-5-4-8-24(25)26(28)22-12-10-21(11-13-22)19-30-16-14-20(15-17-30)18-29-23-6-2-1-3-7-23;;;;;/h3-19,26,33-34,37H,21-25,27-28H2,1-2H3;1-6,8-12,20,28H,14-17,19H2;2*1H3;;;/q2*-3;2*-1;3*+1/b35-4+;;;;;;. The molecule has 2 unspecified atom stereocenters. The number of likely N-dealkylation sites (tertiary alicyclic amines) is 2. The minimum Gasteiger partial charge on any atom is -0.481 e. The second-order valence-electron chi connectivity index (χ2n) is 20.1. The molecular formula is C69H70F2ILi3N5-5. The van der Waals surface area contributed by atoms with Crippen molar-refractivity contribution in [3.63, 3.8) is 0 Å². The number of rotatable bonds is 15. The van der Waals surface area contributed by atoms with Crippen LogP contribution in [0, 0.1) is 77.8 Å². The van der Waals surface area contributed by atoms with Gasteiger partial charge in [-0.05, 0) is 61.4 Å². The van der Waals surface area contributed by atoms with E-state index in [0.29, 0.717) is 34.4 Å². The minimum atomic E-state index is -0.381. The third kappa shape index (κ3) is 17.0. The van der Waals surface area contributed by atoms with E-state index in [0.717, 1.165) is 87.0 Å². The third-order valence-corrected chi connectivity index (χ3v) is 17.7. The van der Waals surface area contributed by atoms with Gasteiger partial charge in [0.1, 0.15) is 11.6 Å². The van der Waals surface area contributed by atoms with Gasteiger partial charge >= 0.3 is 284 Å². The second kappa shape index (κ2) is 32.2. The Morgan fingerprint density at radius 1 is 0.700 bits per heavy atom. The fourth-order valence-electron chi connectivity index (χ4n) is 10.7. The molecule has 11 heteroatoms. The van der Waals surface area contributed by atoms with Gasteiger partial charge in [0.25, 0.3) is 0 Å². The van der Waals surface area contributed by atoms with Crippen molar-refractivity contribution in [2.24, 2.45) is 22.7 Å². The van der Waals surface area contributed by atoms with Crippen LogP contribution in [0.5, 0.6) is 0 Å². The van der Waals surface area contributed by atoms with Crippen LogP contribution in [0.25, 0.3) is 5.57 Å². The van der Waals surface area contributed by atoms with Crippen molar-refractivity contribution >= 4 is 28.9 Å². The number of piperidine rings is 2. The van der Waals surface area contributed by atoms with Crippen LogP contribution >= 0.6 is 0 Å². The van der Waals surface area contributed by atoms with Crippen LogP contribution in [0.3, 0.4) is 0 Å². The van der Waals surface area contributed by atoms with E-state index >= 15 is 0 Å². The number of benzene rings is 7. The van der Waals surface area contributed by atoms with Gasteiger partial charge in [-0.3, -0.25) is 6.07 Å². The average molecular weight is 1160 g/mol. The Hall–Kier alpha value is -4.67. The Morgan fingerprint density at radius 3 is 1.88 bits per heavy atom. The monoisotopic (exact) mass is 1150 g/mol. The molecular weight excluding hydrogens is 1080 g/mol. The number of aliphatic imine (C=N–C) groups is 1. The molecule has 7 aromatic carbocycles. The van der Waals surface area contributed by atoms with Gasteiger partial charge in [-0.1, -0.05) is 49.2 Å². The van der Waals surface area contributed by atoms with Crippen molar-refractivity contribution in [1.82, 2.24) is 9.80 Å². The molecule has 0 aromatic heterocycles. The van der Waals surface area contributed by atoms with Crippen LogP contribution in [0.4, 0.5) is 20.2 Å². The Balaban J connectivity index is 0.000000296. The molecule has 11 rings (SSSR count). The van der Waals surface area contributed by atoms with Gasteiger partial charge in [0.05, 0.1) is 0 Å². The maximum atomic E-state index is 14.5. The summed E-state index contributed by atoms with van der Waals surface area (Å²) < 4.78 is 32.6. The van der Waals surface area contributed by atoms with Crippen LogP contribution in [0.15, 0.2) is 179 Å². The number of nitrogens with one attached hydrogen (secondary N) is 1. The largest absolute Gasteiger partial charge is 1.00 e. The van der Waals surface area contributed by atoms with Crippen molar-refractivity contribution in [1.29, 1.82) is 5.41 Å². The zero-order valence-electron chi connectivity index (χ0n) is 48.0. The molecule has 7 aromatic rings. The second-order valence-corrected chi connectivity index (χ2v) is 22.5. The molecule has 3 aliphatic heterocycles. The van der Waals surface area contributed by atoms with Crippen LogP contribution in [-0.4, -0.2) is 54.4 Å². The molecule has 2 atom stereocenters. The van der Waals surface area contributed by atoms with Gasteiger partial charge in [0, 0.05) is 0 Å². The summed E-state index contributed by atoms with van der Waals surface area (Å²) >= 11 is -0.101. The first kappa shape index (κ1) is 66.1. The molecule has 2 saturated heterocycles. The van der Waals surface area contributed by atoms with Crippen LogP contribution < -0.4 is 82.7 Å². The molecule has 80 heavy (non-hydrogen) atoms. The van der Waals surface area contributed by atoms with E-state index in [2.05, 4.69) is 128 Å². The Morgan fingerprint density at radius 2 is 1.29 bits per heavy atom. The van der Waals surface area contributed by atoms with Crippen molar-refractivity contribution in [2.45, 2.75) is 65.0 Å². The van der Waals surface area contributed by atoms with E-state index in [9.17, 15) is 8.78 Å². The molecule has 3 heterocycles. The first-order valence-corrected chi connectivity index (χ1v) is 28.9. The van der Waals surface area contributed by atoms with E-state index in [1.165, 1.54) is 53.8 Å².